The lowest BCUT2D eigenvalue weighted by Gasteiger charge is -2.17. The van der Waals surface area contributed by atoms with E-state index in [0.717, 1.165) is 39.5 Å². The highest BCUT2D eigenvalue weighted by atomic mass is 32.1. The maximum absolute atomic E-state index is 12.7. The van der Waals surface area contributed by atoms with Gasteiger partial charge in [-0.15, -0.1) is 11.3 Å². The van der Waals surface area contributed by atoms with Crippen molar-refractivity contribution in [3.63, 3.8) is 0 Å². The van der Waals surface area contributed by atoms with Gasteiger partial charge in [-0.25, -0.2) is 9.78 Å². The first-order chi connectivity index (χ1) is 14.5. The molecule has 0 radical (unpaired) electrons. The molecule has 1 aromatic heterocycles. The lowest BCUT2D eigenvalue weighted by molar-refractivity contribution is -0.121. The molecule has 0 bridgehead atoms. The van der Waals surface area contributed by atoms with Crippen LogP contribution in [0.25, 0.3) is 11.3 Å². The molecule has 0 fully saturated rings. The van der Waals surface area contributed by atoms with Gasteiger partial charge in [-0.3, -0.25) is 4.79 Å². The lowest BCUT2D eigenvalue weighted by Crippen LogP contribution is -2.33. The second kappa shape index (κ2) is 8.77. The summed E-state index contributed by atoms with van der Waals surface area (Å²) in [6.07, 6.45) is 0.771. The van der Waals surface area contributed by atoms with Gasteiger partial charge in [0.2, 0.25) is 0 Å². The second-order valence-electron chi connectivity index (χ2n) is 7.10. The minimum atomic E-state index is -0.513. The number of aryl methyl sites for hydroxylation is 1. The molecule has 1 aliphatic heterocycles. The summed E-state index contributed by atoms with van der Waals surface area (Å²) in [5.74, 6) is -0.739. The number of carbonyl (C=O) groups excluding carboxylic acids is 2. The SMILES string of the molecule is COCc1ccc(C(=O)OCC(=O)N2CCc3cc(-c4csc(C)n4)ccc32)cc1. The number of thiazole rings is 1. The molecule has 4 rings (SSSR count). The molecule has 1 amide bonds. The fraction of sp³-hybridized carbons (Fsp3) is 0.261. The van der Waals surface area contributed by atoms with Crippen LogP contribution in [0, 0.1) is 6.92 Å². The van der Waals surface area contributed by atoms with Crippen LogP contribution in [0.2, 0.25) is 0 Å². The molecule has 154 valence electrons. The Kier molecular flexibility index (Phi) is 5.92. The number of benzene rings is 2. The van der Waals surface area contributed by atoms with Crippen molar-refractivity contribution in [2.45, 2.75) is 20.0 Å². The van der Waals surface area contributed by atoms with Crippen molar-refractivity contribution in [3.8, 4) is 11.3 Å². The summed E-state index contributed by atoms with van der Waals surface area (Å²) in [4.78, 5) is 31.1. The minimum Gasteiger partial charge on any atom is -0.452 e. The number of hydrogen-bond acceptors (Lipinski definition) is 6. The summed E-state index contributed by atoms with van der Waals surface area (Å²) in [7, 11) is 1.62. The molecule has 6 nitrogen and oxygen atoms in total. The third-order valence-corrected chi connectivity index (χ3v) is 5.79. The molecule has 0 N–H and O–H groups in total. The molecular formula is C23H22N2O4S. The molecular weight excluding hydrogens is 400 g/mol. The smallest absolute Gasteiger partial charge is 0.338 e. The Labute approximate surface area is 179 Å². The molecule has 2 heterocycles. The van der Waals surface area contributed by atoms with Gasteiger partial charge < -0.3 is 14.4 Å². The topological polar surface area (TPSA) is 68.7 Å². The third-order valence-electron chi connectivity index (χ3n) is 5.02. The summed E-state index contributed by atoms with van der Waals surface area (Å²) < 4.78 is 10.3. The van der Waals surface area contributed by atoms with Crippen LogP contribution < -0.4 is 4.90 Å². The monoisotopic (exact) mass is 422 g/mol. The molecule has 0 atom stereocenters. The first-order valence-corrected chi connectivity index (χ1v) is 10.5. The predicted octanol–water partition coefficient (Wildman–Crippen LogP) is 4.01. The summed E-state index contributed by atoms with van der Waals surface area (Å²) in [6, 6.07) is 13.0. The highest BCUT2D eigenvalue weighted by Gasteiger charge is 2.26. The van der Waals surface area contributed by atoms with Crippen molar-refractivity contribution in [2.24, 2.45) is 0 Å². The highest BCUT2D eigenvalue weighted by Crippen LogP contribution is 2.32. The minimum absolute atomic E-state index is 0.227. The summed E-state index contributed by atoms with van der Waals surface area (Å²) in [5, 5.41) is 3.06. The average molecular weight is 423 g/mol. The van der Waals surface area contributed by atoms with Gasteiger partial charge in [0, 0.05) is 30.3 Å². The number of ether oxygens (including phenoxy) is 2. The lowest BCUT2D eigenvalue weighted by atomic mass is 10.1. The Morgan fingerprint density at radius 2 is 1.97 bits per heavy atom. The van der Waals surface area contributed by atoms with E-state index in [1.165, 1.54) is 0 Å². The van der Waals surface area contributed by atoms with Crippen LogP contribution in [-0.2, 0) is 27.3 Å². The molecule has 0 aliphatic carbocycles. The van der Waals surface area contributed by atoms with Gasteiger partial charge in [-0.1, -0.05) is 18.2 Å². The molecule has 1 aliphatic rings. The summed E-state index contributed by atoms with van der Waals surface area (Å²) in [6.45, 7) is 2.76. The van der Waals surface area contributed by atoms with E-state index in [1.807, 2.05) is 24.4 Å². The Bertz CT molecular complexity index is 1080. The Morgan fingerprint density at radius 1 is 1.17 bits per heavy atom. The number of esters is 1. The van der Waals surface area contributed by atoms with Gasteiger partial charge >= 0.3 is 5.97 Å². The third kappa shape index (κ3) is 4.27. The number of methoxy groups -OCH3 is 1. The molecule has 0 saturated carbocycles. The molecule has 0 unspecified atom stereocenters. The molecule has 3 aromatic rings. The fourth-order valence-corrected chi connectivity index (χ4v) is 4.13. The van der Waals surface area contributed by atoms with Crippen LogP contribution in [0.5, 0.6) is 0 Å². The Balaban J connectivity index is 1.39. The fourth-order valence-electron chi connectivity index (χ4n) is 3.51. The second-order valence-corrected chi connectivity index (χ2v) is 8.16. The summed E-state index contributed by atoms with van der Waals surface area (Å²) >= 11 is 1.62. The van der Waals surface area contributed by atoms with E-state index in [2.05, 4.69) is 11.1 Å². The van der Waals surface area contributed by atoms with Gasteiger partial charge in [0.1, 0.15) is 0 Å². The molecule has 7 heteroatoms. The van der Waals surface area contributed by atoms with Crippen molar-refractivity contribution in [3.05, 3.63) is 69.5 Å². The maximum atomic E-state index is 12.7. The number of aromatic nitrogens is 1. The van der Waals surface area contributed by atoms with E-state index in [4.69, 9.17) is 9.47 Å². The first kappa shape index (κ1) is 20.3. The van der Waals surface area contributed by atoms with E-state index >= 15 is 0 Å². The van der Waals surface area contributed by atoms with Crippen LogP contribution in [0.1, 0.15) is 26.5 Å². The van der Waals surface area contributed by atoms with Crippen LogP contribution in [0.3, 0.4) is 0 Å². The summed E-state index contributed by atoms with van der Waals surface area (Å²) in [5.41, 5.74) is 5.35. The number of amides is 1. The zero-order valence-electron chi connectivity index (χ0n) is 16.9. The largest absolute Gasteiger partial charge is 0.452 e. The van der Waals surface area contributed by atoms with Gasteiger partial charge in [0.05, 0.1) is 22.9 Å². The maximum Gasteiger partial charge on any atom is 0.338 e. The normalized spacial score (nSPS) is 12.7. The van der Waals surface area contributed by atoms with E-state index in [1.54, 1.807) is 47.6 Å². The molecule has 30 heavy (non-hydrogen) atoms. The van der Waals surface area contributed by atoms with Crippen molar-refractivity contribution in [1.82, 2.24) is 4.98 Å². The van der Waals surface area contributed by atoms with E-state index in [-0.39, 0.29) is 12.5 Å². The number of fused-ring (bicyclic) bond motifs is 1. The zero-order valence-corrected chi connectivity index (χ0v) is 17.7. The van der Waals surface area contributed by atoms with Crippen molar-refractivity contribution >= 4 is 28.9 Å². The first-order valence-electron chi connectivity index (χ1n) is 9.66. The van der Waals surface area contributed by atoms with Crippen LogP contribution >= 0.6 is 11.3 Å². The predicted molar refractivity (Wildman–Crippen MR) is 116 cm³/mol. The standard InChI is InChI=1S/C23H22N2O4S/c1-15-24-20(14-30-15)18-7-8-21-19(11-18)9-10-25(21)22(26)13-29-23(27)17-5-3-16(4-6-17)12-28-2/h3-8,11,14H,9-10,12-13H2,1-2H3. The molecule has 0 spiro atoms. The number of rotatable bonds is 6. The Morgan fingerprint density at radius 3 is 2.67 bits per heavy atom. The highest BCUT2D eigenvalue weighted by molar-refractivity contribution is 7.09. The quantitative estimate of drug-likeness (QED) is 0.562. The van der Waals surface area contributed by atoms with Crippen LogP contribution in [0.15, 0.2) is 47.8 Å². The van der Waals surface area contributed by atoms with E-state index < -0.39 is 5.97 Å². The van der Waals surface area contributed by atoms with Gasteiger partial charge in [-0.05, 0) is 48.7 Å². The number of carbonyl (C=O) groups is 2. The number of nitrogens with zero attached hydrogens (tertiary/aromatic N) is 2. The van der Waals surface area contributed by atoms with Crippen LogP contribution in [0.4, 0.5) is 5.69 Å². The van der Waals surface area contributed by atoms with E-state index in [0.29, 0.717) is 18.7 Å². The molecule has 2 aromatic carbocycles. The van der Waals surface area contributed by atoms with Crippen molar-refractivity contribution < 1.29 is 19.1 Å². The zero-order chi connectivity index (χ0) is 21.1. The van der Waals surface area contributed by atoms with Crippen LogP contribution in [-0.4, -0.2) is 37.1 Å². The van der Waals surface area contributed by atoms with Crippen molar-refractivity contribution in [1.29, 1.82) is 0 Å². The number of hydrogen-bond donors (Lipinski definition) is 0. The van der Waals surface area contributed by atoms with Gasteiger partial charge in [0.15, 0.2) is 6.61 Å². The molecule has 0 saturated heterocycles. The Hall–Kier alpha value is -3.03. The average Bonchev–Trinajstić information content (AvgIpc) is 3.38. The van der Waals surface area contributed by atoms with Gasteiger partial charge in [-0.2, -0.15) is 0 Å². The van der Waals surface area contributed by atoms with E-state index in [9.17, 15) is 9.59 Å². The van der Waals surface area contributed by atoms with Gasteiger partial charge in [0.25, 0.3) is 5.91 Å². The van der Waals surface area contributed by atoms with Crippen molar-refractivity contribution in [2.75, 3.05) is 25.2 Å². The number of anilines is 1.